The van der Waals surface area contributed by atoms with E-state index in [0.717, 1.165) is 25.7 Å². The first-order valence-electron chi connectivity index (χ1n) is 11.1. The second-order valence-electron chi connectivity index (χ2n) is 8.36. The molecule has 170 valence electrons. The number of fused-ring (bicyclic) bond motifs is 1. The van der Waals surface area contributed by atoms with E-state index in [1.54, 1.807) is 24.3 Å². The van der Waals surface area contributed by atoms with Crippen molar-refractivity contribution in [3.05, 3.63) is 36.2 Å². The Bertz CT molecular complexity index is 1080. The molecule has 3 aromatic rings. The number of imidazole rings is 1. The summed E-state index contributed by atoms with van der Waals surface area (Å²) < 4.78 is 34.8. The molecular weight excluding hydrogens is 416 g/mol. The molecule has 0 atom stereocenters. The molecule has 0 amide bonds. The van der Waals surface area contributed by atoms with Crippen LogP contribution in [0.3, 0.4) is 0 Å². The highest BCUT2D eigenvalue weighted by Crippen LogP contribution is 2.30. The number of benzene rings is 1. The largest absolute Gasteiger partial charge is 0.378 e. The van der Waals surface area contributed by atoms with Gasteiger partial charge in [-0.2, -0.15) is 9.97 Å². The quantitative estimate of drug-likeness (QED) is 0.625. The van der Waals surface area contributed by atoms with Crippen LogP contribution in [0.15, 0.2) is 30.3 Å². The monoisotopic (exact) mass is 443 g/mol. The number of aromatic nitrogens is 4. The summed E-state index contributed by atoms with van der Waals surface area (Å²) in [5.41, 5.74) is 7.13. The Morgan fingerprint density at radius 1 is 1.00 bits per heavy atom. The van der Waals surface area contributed by atoms with Crippen molar-refractivity contribution in [2.24, 2.45) is 5.73 Å². The molecule has 32 heavy (non-hydrogen) atoms. The van der Waals surface area contributed by atoms with Crippen LogP contribution in [-0.4, -0.2) is 57.9 Å². The van der Waals surface area contributed by atoms with Crippen LogP contribution in [0, 0.1) is 0 Å². The zero-order valence-electron chi connectivity index (χ0n) is 17.8. The van der Waals surface area contributed by atoms with Crippen molar-refractivity contribution in [2.45, 2.75) is 44.2 Å². The number of rotatable bonds is 5. The van der Waals surface area contributed by atoms with Crippen LogP contribution in [0.1, 0.15) is 37.9 Å². The van der Waals surface area contributed by atoms with Crippen molar-refractivity contribution in [1.29, 1.82) is 0 Å². The average Bonchev–Trinajstić information content (AvgIpc) is 3.21. The number of morpholine rings is 1. The third-order valence-electron chi connectivity index (χ3n) is 6.15. The Balaban J connectivity index is 1.58. The minimum Gasteiger partial charge on any atom is -0.378 e. The van der Waals surface area contributed by atoms with E-state index in [2.05, 4.69) is 20.2 Å². The highest BCUT2D eigenvalue weighted by molar-refractivity contribution is 5.78. The predicted octanol–water partition coefficient (Wildman–Crippen LogP) is 3.27. The number of nitrogens with one attached hydrogen (secondary N) is 1. The van der Waals surface area contributed by atoms with E-state index in [-0.39, 0.29) is 17.9 Å². The molecule has 8 nitrogen and oxygen atoms in total. The van der Waals surface area contributed by atoms with E-state index < -0.39 is 6.43 Å². The highest BCUT2D eigenvalue weighted by Gasteiger charge is 2.24. The third-order valence-corrected chi connectivity index (χ3v) is 6.15. The minimum atomic E-state index is -2.74. The number of para-hydroxylation sites is 2. The van der Waals surface area contributed by atoms with Gasteiger partial charge < -0.3 is 20.7 Å². The van der Waals surface area contributed by atoms with Crippen LogP contribution in [-0.2, 0) is 4.74 Å². The number of nitrogens with zero attached hydrogens (tertiary/aromatic N) is 5. The van der Waals surface area contributed by atoms with E-state index in [4.69, 9.17) is 15.5 Å². The summed E-state index contributed by atoms with van der Waals surface area (Å²) in [5, 5.41) is 3.42. The molecule has 10 heteroatoms. The molecule has 3 heterocycles. The number of hydrogen-bond acceptors (Lipinski definition) is 7. The summed E-state index contributed by atoms with van der Waals surface area (Å²) in [4.78, 5) is 15.6. The topological polar surface area (TPSA) is 94.1 Å². The molecule has 1 saturated heterocycles. The van der Waals surface area contributed by atoms with Gasteiger partial charge in [0.1, 0.15) is 11.6 Å². The Kier molecular flexibility index (Phi) is 5.88. The van der Waals surface area contributed by atoms with E-state index in [1.165, 1.54) is 4.57 Å². The van der Waals surface area contributed by atoms with Gasteiger partial charge in [0, 0.05) is 31.2 Å². The first kappa shape index (κ1) is 21.0. The Morgan fingerprint density at radius 3 is 2.47 bits per heavy atom. The van der Waals surface area contributed by atoms with Gasteiger partial charge >= 0.3 is 0 Å². The molecule has 3 N–H and O–H groups in total. The first-order valence-corrected chi connectivity index (χ1v) is 11.1. The number of anilines is 2. The molecule has 2 aromatic heterocycles. The molecule has 0 bridgehead atoms. The maximum Gasteiger partial charge on any atom is 0.296 e. The van der Waals surface area contributed by atoms with Crippen LogP contribution < -0.4 is 16.0 Å². The number of nitrogens with two attached hydrogens (primary N) is 1. The molecule has 5 rings (SSSR count). The first-order chi connectivity index (χ1) is 15.6. The van der Waals surface area contributed by atoms with Gasteiger partial charge in [-0.05, 0) is 37.8 Å². The molecule has 1 aromatic carbocycles. The fourth-order valence-corrected chi connectivity index (χ4v) is 4.43. The smallest absolute Gasteiger partial charge is 0.296 e. The van der Waals surface area contributed by atoms with Gasteiger partial charge in [-0.3, -0.25) is 4.57 Å². The van der Waals surface area contributed by atoms with E-state index in [0.29, 0.717) is 54.9 Å². The van der Waals surface area contributed by atoms with E-state index in [9.17, 15) is 8.78 Å². The highest BCUT2D eigenvalue weighted by atomic mass is 19.3. The summed E-state index contributed by atoms with van der Waals surface area (Å²) in [6, 6.07) is 9.30. The van der Waals surface area contributed by atoms with Crippen LogP contribution in [0.2, 0.25) is 0 Å². The summed E-state index contributed by atoms with van der Waals surface area (Å²) >= 11 is 0. The lowest BCUT2D eigenvalue weighted by Crippen LogP contribution is -2.37. The molecule has 0 spiro atoms. The van der Waals surface area contributed by atoms with Crippen LogP contribution >= 0.6 is 0 Å². The summed E-state index contributed by atoms with van der Waals surface area (Å²) in [6.07, 6.45) is 1.00. The Hall–Kier alpha value is -2.85. The van der Waals surface area contributed by atoms with Crippen molar-refractivity contribution >= 4 is 22.8 Å². The summed E-state index contributed by atoms with van der Waals surface area (Å²) in [5.74, 6) is 1.17. The Morgan fingerprint density at radius 2 is 1.72 bits per heavy atom. The second-order valence-corrected chi connectivity index (χ2v) is 8.36. The lowest BCUT2D eigenvalue weighted by molar-refractivity contribution is 0.122. The molecule has 2 fully saturated rings. The second kappa shape index (κ2) is 8.95. The van der Waals surface area contributed by atoms with Gasteiger partial charge in [-0.15, -0.1) is 0 Å². The third kappa shape index (κ3) is 4.24. The van der Waals surface area contributed by atoms with Crippen LogP contribution in [0.4, 0.5) is 20.5 Å². The molecule has 0 radical (unpaired) electrons. The van der Waals surface area contributed by atoms with Gasteiger partial charge in [-0.1, -0.05) is 12.1 Å². The maximum atomic E-state index is 13.9. The van der Waals surface area contributed by atoms with Crippen molar-refractivity contribution in [2.75, 3.05) is 36.5 Å². The normalized spacial score (nSPS) is 21.9. The fraction of sp³-hybridized carbons (Fsp3) is 0.500. The number of ether oxygens (including phenoxy) is 1. The predicted molar refractivity (Wildman–Crippen MR) is 119 cm³/mol. The SMILES string of the molecule is NC1CCC(Nc2nc(N3CCOCC3)cc(-n3c(C(F)F)nc4ccccc43)n2)CC1. The fourth-order valence-electron chi connectivity index (χ4n) is 4.43. The van der Waals surface area contributed by atoms with Crippen LogP contribution in [0.25, 0.3) is 16.9 Å². The standard InChI is InChI=1S/C22H27F2N7O/c23-20(24)21-27-16-3-1-2-4-17(16)31(21)19-13-18(30-9-11-32-12-10-30)28-22(29-19)26-15-7-5-14(25)6-8-15/h1-4,13-15,20H,5-12,25H2,(H,26,28,29). The van der Waals surface area contributed by atoms with Gasteiger partial charge in [0.2, 0.25) is 5.95 Å². The zero-order chi connectivity index (χ0) is 22.1. The van der Waals surface area contributed by atoms with E-state index >= 15 is 0 Å². The molecule has 1 aliphatic heterocycles. The van der Waals surface area contributed by atoms with Gasteiger partial charge in [0.05, 0.1) is 24.2 Å². The lowest BCUT2D eigenvalue weighted by Gasteiger charge is -2.30. The van der Waals surface area contributed by atoms with Crippen molar-refractivity contribution in [3.8, 4) is 5.82 Å². The zero-order valence-corrected chi connectivity index (χ0v) is 17.8. The molecule has 0 unspecified atom stereocenters. The van der Waals surface area contributed by atoms with Crippen molar-refractivity contribution in [3.63, 3.8) is 0 Å². The Labute approximate surface area is 184 Å². The van der Waals surface area contributed by atoms with Gasteiger partial charge in [-0.25, -0.2) is 13.8 Å². The van der Waals surface area contributed by atoms with Crippen LogP contribution in [0.5, 0.6) is 0 Å². The van der Waals surface area contributed by atoms with Crippen molar-refractivity contribution < 1.29 is 13.5 Å². The molecular formula is C22H27F2N7O. The average molecular weight is 444 g/mol. The molecule has 2 aliphatic rings. The van der Waals surface area contributed by atoms with Gasteiger partial charge in [0.15, 0.2) is 5.82 Å². The maximum absolute atomic E-state index is 13.9. The number of hydrogen-bond donors (Lipinski definition) is 2. The molecule has 1 saturated carbocycles. The minimum absolute atomic E-state index is 0.205. The number of halogens is 2. The summed E-state index contributed by atoms with van der Waals surface area (Å²) in [6.45, 7) is 2.55. The lowest BCUT2D eigenvalue weighted by atomic mass is 9.92. The van der Waals surface area contributed by atoms with E-state index in [1.807, 2.05) is 6.07 Å². The summed E-state index contributed by atoms with van der Waals surface area (Å²) in [7, 11) is 0. The van der Waals surface area contributed by atoms with Crippen molar-refractivity contribution in [1.82, 2.24) is 19.5 Å². The van der Waals surface area contributed by atoms with Gasteiger partial charge in [0.25, 0.3) is 6.43 Å². The number of alkyl halides is 2. The molecule has 1 aliphatic carbocycles.